The summed E-state index contributed by atoms with van der Waals surface area (Å²) in [4.78, 5) is 50.1. The Morgan fingerprint density at radius 3 is 2.19 bits per heavy atom. The van der Waals surface area contributed by atoms with E-state index >= 15 is 0 Å². The third-order valence-electron chi connectivity index (χ3n) is 5.00. The summed E-state index contributed by atoms with van der Waals surface area (Å²) in [6.07, 6.45) is 3.71. The van der Waals surface area contributed by atoms with Gasteiger partial charge in [0.1, 0.15) is 25.7 Å². The maximum absolute atomic E-state index is 13.2. The summed E-state index contributed by atoms with van der Waals surface area (Å²) in [5.41, 5.74) is 0.0257. The first kappa shape index (κ1) is 28.4. The average molecular weight is 517 g/mol. The minimum absolute atomic E-state index is 0.0516. The molecule has 0 radical (unpaired) electrons. The van der Waals surface area contributed by atoms with Crippen LogP contribution >= 0.6 is 12.2 Å². The molecule has 1 heterocycles. The number of rotatable bonds is 12. The second-order valence-electron chi connectivity index (χ2n) is 7.53. The fourth-order valence-electron chi connectivity index (χ4n) is 3.39. The Morgan fingerprint density at radius 1 is 1.00 bits per heavy atom. The van der Waals surface area contributed by atoms with Gasteiger partial charge < -0.3 is 29.6 Å². The first-order valence-electron chi connectivity index (χ1n) is 11.0. The van der Waals surface area contributed by atoms with Gasteiger partial charge in [-0.2, -0.15) is 0 Å². The van der Waals surface area contributed by atoms with Crippen molar-refractivity contribution >= 4 is 47.0 Å². The smallest absolute Gasteiger partial charge is 0.458 e. The molecule has 0 bridgehead atoms. The van der Waals surface area contributed by atoms with Crippen LogP contribution in [0.25, 0.3) is 0 Å². The third-order valence-corrected chi connectivity index (χ3v) is 5.34. The lowest BCUT2D eigenvalue weighted by atomic mass is 9.91. The van der Waals surface area contributed by atoms with Crippen molar-refractivity contribution in [3.8, 4) is 0 Å². The van der Waals surface area contributed by atoms with Crippen LogP contribution < -0.4 is 10.6 Å². The fourth-order valence-corrected chi connectivity index (χ4v) is 3.76. The lowest BCUT2D eigenvalue weighted by molar-refractivity contribution is -0.119. The first-order valence-corrected chi connectivity index (χ1v) is 11.4. The molecule has 1 amide bonds. The molecule has 36 heavy (non-hydrogen) atoms. The minimum Gasteiger partial charge on any atom is -0.458 e. The van der Waals surface area contributed by atoms with Crippen molar-refractivity contribution in [1.29, 1.82) is 0 Å². The van der Waals surface area contributed by atoms with E-state index < -0.39 is 29.9 Å². The van der Waals surface area contributed by atoms with E-state index in [1.54, 1.807) is 0 Å². The lowest BCUT2D eigenvalue weighted by Crippen LogP contribution is -2.38. The minimum atomic E-state index is -1.04. The van der Waals surface area contributed by atoms with E-state index in [1.165, 1.54) is 36.4 Å². The molecule has 1 aliphatic rings. The molecule has 0 unspecified atom stereocenters. The van der Waals surface area contributed by atoms with E-state index in [1.807, 2.05) is 0 Å². The van der Waals surface area contributed by atoms with Crippen LogP contribution in [-0.4, -0.2) is 62.0 Å². The number of nitrogens with one attached hydrogen (secondary N) is 2. The third kappa shape index (κ3) is 8.14. The number of hydrogen-bond acceptors (Lipinski definition) is 10. The van der Waals surface area contributed by atoms with Gasteiger partial charge in [-0.05, 0) is 55.8 Å². The molecule has 0 saturated carbocycles. The van der Waals surface area contributed by atoms with Crippen molar-refractivity contribution in [3.05, 3.63) is 67.3 Å². The molecule has 10 nitrogen and oxygen atoms in total. The summed E-state index contributed by atoms with van der Waals surface area (Å²) in [6.45, 7) is 11.4. The highest BCUT2D eigenvalue weighted by Gasteiger charge is 2.36. The molecule has 0 aliphatic carbocycles. The van der Waals surface area contributed by atoms with Gasteiger partial charge in [0, 0.05) is 5.69 Å². The zero-order valence-electron chi connectivity index (χ0n) is 19.7. The van der Waals surface area contributed by atoms with E-state index in [0.29, 0.717) is 19.5 Å². The molecule has 0 spiro atoms. The Morgan fingerprint density at radius 2 is 1.61 bits per heavy atom. The number of hydrogen-bond donors (Lipinski definition) is 2. The van der Waals surface area contributed by atoms with Gasteiger partial charge in [0.15, 0.2) is 5.05 Å². The summed E-state index contributed by atoms with van der Waals surface area (Å²) >= 11 is 5.25. The molecule has 1 aromatic carbocycles. The van der Waals surface area contributed by atoms with E-state index in [9.17, 15) is 19.2 Å². The molecule has 192 valence electrons. The Bertz CT molecular complexity index is 1030. The molecule has 1 aromatic rings. The molecule has 1 aliphatic heterocycles. The van der Waals surface area contributed by atoms with Gasteiger partial charge in [0.05, 0.1) is 11.1 Å². The van der Waals surface area contributed by atoms with Crippen LogP contribution in [0.15, 0.2) is 56.2 Å². The largest absolute Gasteiger partial charge is 0.514 e. The van der Waals surface area contributed by atoms with Gasteiger partial charge in [0.25, 0.3) is 0 Å². The molecular weight excluding hydrogens is 488 g/mol. The number of ether oxygens (including phenoxy) is 4. The predicted molar refractivity (Wildman–Crippen MR) is 136 cm³/mol. The van der Waals surface area contributed by atoms with Crippen molar-refractivity contribution in [3.63, 3.8) is 0 Å². The number of benzene rings is 1. The van der Waals surface area contributed by atoms with Gasteiger partial charge in [-0.25, -0.2) is 14.4 Å². The number of amides is 1. The molecule has 2 N–H and O–H groups in total. The topological polar surface area (TPSA) is 129 Å². The standard InChI is InChI=1S/C25H28N2O8S/c1-4-11-32-22(29)18-8-7-17(14-19(18)23(30)33-12-5-2)27-21(28)20(16-9-10-26-15-16)24(36)35-25(31)34-13-6-3/h4-8,14,16,20,26H,1-3,9-13,15H2,(H,27,28)/t16-,20+/m1/s1. The Balaban J connectivity index is 2.29. The zero-order chi connectivity index (χ0) is 26.5. The number of anilines is 1. The molecule has 0 aromatic heterocycles. The molecule has 1 fully saturated rings. The summed E-state index contributed by atoms with van der Waals surface area (Å²) in [7, 11) is 0. The maximum Gasteiger partial charge on any atom is 0.514 e. The van der Waals surface area contributed by atoms with Crippen molar-refractivity contribution < 1.29 is 38.1 Å². The second kappa shape index (κ2) is 14.5. The summed E-state index contributed by atoms with van der Waals surface area (Å²) in [5, 5.41) is 5.58. The predicted octanol–water partition coefficient (Wildman–Crippen LogP) is 3.20. The van der Waals surface area contributed by atoms with Crippen LogP contribution in [0.1, 0.15) is 27.1 Å². The molecular formula is C25H28N2O8S. The van der Waals surface area contributed by atoms with Crippen LogP contribution in [0.5, 0.6) is 0 Å². The highest BCUT2D eigenvalue weighted by atomic mass is 32.1. The maximum atomic E-state index is 13.2. The van der Waals surface area contributed by atoms with Crippen LogP contribution in [-0.2, 0) is 23.7 Å². The Hall–Kier alpha value is -3.83. The van der Waals surface area contributed by atoms with Gasteiger partial charge in [0.2, 0.25) is 5.91 Å². The van der Waals surface area contributed by atoms with Crippen molar-refractivity contribution in [1.82, 2.24) is 5.32 Å². The van der Waals surface area contributed by atoms with Gasteiger partial charge in [-0.15, -0.1) is 0 Å². The molecule has 1 saturated heterocycles. The van der Waals surface area contributed by atoms with E-state index in [0.717, 1.165) is 0 Å². The highest BCUT2D eigenvalue weighted by molar-refractivity contribution is 7.80. The van der Waals surface area contributed by atoms with Gasteiger partial charge in [-0.3, -0.25) is 4.79 Å². The van der Waals surface area contributed by atoms with Crippen LogP contribution in [0.3, 0.4) is 0 Å². The van der Waals surface area contributed by atoms with E-state index in [-0.39, 0.29) is 47.6 Å². The van der Waals surface area contributed by atoms with Gasteiger partial charge >= 0.3 is 18.1 Å². The zero-order valence-corrected chi connectivity index (χ0v) is 20.5. The lowest BCUT2D eigenvalue weighted by Gasteiger charge is -2.22. The van der Waals surface area contributed by atoms with Crippen molar-refractivity contribution in [2.24, 2.45) is 11.8 Å². The molecule has 2 rings (SSSR count). The Kier molecular flexibility index (Phi) is 11.5. The summed E-state index contributed by atoms with van der Waals surface area (Å²) < 4.78 is 20.0. The van der Waals surface area contributed by atoms with Gasteiger partial charge in [-0.1, -0.05) is 38.0 Å². The second-order valence-corrected chi connectivity index (χ2v) is 7.93. The SMILES string of the molecule is C=CCOC(=O)OC(=S)[C@H](C(=O)Nc1ccc(C(=O)OCC=C)c(C(=O)OCC=C)c1)[C@@H]1CCNC1. The number of carbonyl (C=O) groups is 4. The van der Waals surface area contributed by atoms with Crippen molar-refractivity contribution in [2.45, 2.75) is 6.42 Å². The van der Waals surface area contributed by atoms with E-state index in [2.05, 4.69) is 30.4 Å². The fraction of sp³-hybridized carbons (Fsp3) is 0.320. The molecule has 2 atom stereocenters. The summed E-state index contributed by atoms with van der Waals surface area (Å²) in [5.74, 6) is -3.34. The van der Waals surface area contributed by atoms with Crippen LogP contribution in [0.4, 0.5) is 10.5 Å². The first-order chi connectivity index (χ1) is 17.3. The van der Waals surface area contributed by atoms with Crippen molar-refractivity contribution in [2.75, 3.05) is 38.2 Å². The Labute approximate surface area is 214 Å². The number of esters is 2. The summed E-state index contributed by atoms with van der Waals surface area (Å²) in [6, 6.07) is 4.05. The van der Waals surface area contributed by atoms with Crippen LogP contribution in [0.2, 0.25) is 0 Å². The van der Waals surface area contributed by atoms with E-state index in [4.69, 9.17) is 31.2 Å². The normalized spacial score (nSPS) is 15.1. The number of thiocarbonyl (C=S) groups is 1. The monoisotopic (exact) mass is 516 g/mol. The number of carbonyl (C=O) groups excluding carboxylic acids is 4. The average Bonchev–Trinajstić information content (AvgIpc) is 3.38. The quantitative estimate of drug-likeness (QED) is 0.185. The van der Waals surface area contributed by atoms with Crippen LogP contribution in [0, 0.1) is 11.8 Å². The molecule has 11 heteroatoms. The highest BCUT2D eigenvalue weighted by Crippen LogP contribution is 2.25.